The van der Waals surface area contributed by atoms with Crippen molar-refractivity contribution in [1.82, 2.24) is 0 Å². The molecule has 1 atom stereocenters. The van der Waals surface area contributed by atoms with Crippen LogP contribution in [0.15, 0.2) is 42.5 Å². The highest BCUT2D eigenvalue weighted by molar-refractivity contribution is 5.48. The van der Waals surface area contributed by atoms with Gasteiger partial charge in [0.05, 0.1) is 32.6 Å². The molecule has 0 amide bonds. The monoisotopic (exact) mass is 291 g/mol. The lowest BCUT2D eigenvalue weighted by molar-refractivity contribution is 0.275. The Morgan fingerprint density at radius 2 is 1.71 bits per heavy atom. The van der Waals surface area contributed by atoms with Crippen LogP contribution in [0.1, 0.15) is 11.6 Å². The van der Waals surface area contributed by atoms with Crippen LogP contribution in [0, 0.1) is 5.82 Å². The van der Waals surface area contributed by atoms with Crippen molar-refractivity contribution >= 4 is 5.69 Å². The van der Waals surface area contributed by atoms with E-state index in [1.807, 2.05) is 0 Å². The first-order valence-electron chi connectivity index (χ1n) is 6.52. The van der Waals surface area contributed by atoms with E-state index in [0.717, 1.165) is 5.56 Å². The molecule has 0 aliphatic heterocycles. The summed E-state index contributed by atoms with van der Waals surface area (Å²) in [5.74, 6) is 0.849. The highest BCUT2D eigenvalue weighted by Crippen LogP contribution is 2.28. The molecule has 0 saturated carbocycles. The summed E-state index contributed by atoms with van der Waals surface area (Å²) >= 11 is 0. The molecule has 0 spiro atoms. The zero-order valence-corrected chi connectivity index (χ0v) is 12.0. The summed E-state index contributed by atoms with van der Waals surface area (Å²) in [6, 6.07) is 11.1. The van der Waals surface area contributed by atoms with Crippen molar-refractivity contribution in [3.05, 3.63) is 53.8 Å². The predicted molar refractivity (Wildman–Crippen MR) is 79.4 cm³/mol. The summed E-state index contributed by atoms with van der Waals surface area (Å²) in [5, 5.41) is 12.6. The van der Waals surface area contributed by atoms with Gasteiger partial charge in [-0.1, -0.05) is 12.1 Å². The summed E-state index contributed by atoms with van der Waals surface area (Å²) in [5.41, 5.74) is 1.08. The average molecular weight is 291 g/mol. The van der Waals surface area contributed by atoms with Gasteiger partial charge in [0.1, 0.15) is 17.3 Å². The van der Waals surface area contributed by atoms with Gasteiger partial charge in [-0.15, -0.1) is 0 Å². The lowest BCUT2D eigenvalue weighted by Gasteiger charge is -2.20. The van der Waals surface area contributed by atoms with E-state index < -0.39 is 6.04 Å². The highest BCUT2D eigenvalue weighted by atomic mass is 19.1. The van der Waals surface area contributed by atoms with Gasteiger partial charge in [-0.3, -0.25) is 0 Å². The van der Waals surface area contributed by atoms with Crippen molar-refractivity contribution in [2.75, 3.05) is 26.1 Å². The van der Waals surface area contributed by atoms with Crippen molar-refractivity contribution in [3.8, 4) is 11.5 Å². The van der Waals surface area contributed by atoms with E-state index in [2.05, 4.69) is 5.32 Å². The van der Waals surface area contributed by atoms with Crippen LogP contribution in [0.4, 0.5) is 10.1 Å². The number of ether oxygens (including phenoxy) is 2. The van der Waals surface area contributed by atoms with E-state index in [0.29, 0.717) is 17.2 Å². The molecule has 5 heteroatoms. The van der Waals surface area contributed by atoms with Crippen molar-refractivity contribution in [2.24, 2.45) is 0 Å². The van der Waals surface area contributed by atoms with Crippen LogP contribution in [-0.4, -0.2) is 25.9 Å². The maximum atomic E-state index is 13.7. The second kappa shape index (κ2) is 6.95. The molecule has 0 bridgehead atoms. The normalized spacial score (nSPS) is 11.8. The zero-order chi connectivity index (χ0) is 15.2. The molecule has 0 saturated heterocycles. The van der Waals surface area contributed by atoms with Crippen molar-refractivity contribution in [1.29, 1.82) is 0 Å². The summed E-state index contributed by atoms with van der Waals surface area (Å²) in [6.07, 6.45) is 0. The van der Waals surface area contributed by atoms with Crippen LogP contribution in [0.5, 0.6) is 11.5 Å². The smallest absolute Gasteiger partial charge is 0.146 e. The number of nitrogens with one attached hydrogen (secondary N) is 1. The standard InChI is InChI=1S/C16H18FNO3/c1-20-12-7-11(8-13(9-12)21-2)16(10-19)18-15-6-4-3-5-14(15)17/h3-9,16,18-19H,10H2,1-2H3. The fourth-order valence-corrected chi connectivity index (χ4v) is 2.03. The topological polar surface area (TPSA) is 50.7 Å². The largest absolute Gasteiger partial charge is 0.497 e. The predicted octanol–water partition coefficient (Wildman–Crippen LogP) is 2.99. The van der Waals surface area contributed by atoms with Crippen LogP contribution in [0.3, 0.4) is 0 Å². The quantitative estimate of drug-likeness (QED) is 0.859. The van der Waals surface area contributed by atoms with Crippen LogP contribution in [0.25, 0.3) is 0 Å². The summed E-state index contributed by atoms with van der Waals surface area (Å²) in [7, 11) is 3.10. The Kier molecular flexibility index (Phi) is 5.00. The van der Waals surface area contributed by atoms with Gasteiger partial charge in [0.25, 0.3) is 0 Å². The molecule has 112 valence electrons. The van der Waals surface area contributed by atoms with Crippen molar-refractivity contribution in [3.63, 3.8) is 0 Å². The number of benzene rings is 2. The summed E-state index contributed by atoms with van der Waals surface area (Å²) in [6.45, 7) is -0.190. The van der Waals surface area contributed by atoms with Gasteiger partial charge in [-0.2, -0.15) is 0 Å². The Morgan fingerprint density at radius 1 is 1.10 bits per heavy atom. The number of anilines is 1. The molecule has 4 nitrogen and oxygen atoms in total. The number of para-hydroxylation sites is 1. The summed E-state index contributed by atoms with van der Waals surface area (Å²) < 4.78 is 24.1. The zero-order valence-electron chi connectivity index (χ0n) is 12.0. The molecule has 0 aliphatic carbocycles. The lowest BCUT2D eigenvalue weighted by Crippen LogP contribution is -2.16. The molecular weight excluding hydrogens is 273 g/mol. The number of hydrogen-bond donors (Lipinski definition) is 2. The average Bonchev–Trinajstić information content (AvgIpc) is 2.53. The van der Waals surface area contributed by atoms with Crippen LogP contribution in [0.2, 0.25) is 0 Å². The third-order valence-electron chi connectivity index (χ3n) is 3.16. The maximum Gasteiger partial charge on any atom is 0.146 e. The number of rotatable bonds is 6. The van der Waals surface area contributed by atoms with Crippen molar-refractivity contribution in [2.45, 2.75) is 6.04 Å². The number of methoxy groups -OCH3 is 2. The molecule has 0 aliphatic rings. The van der Waals surface area contributed by atoms with E-state index in [1.54, 1.807) is 50.6 Å². The van der Waals surface area contributed by atoms with E-state index in [-0.39, 0.29) is 12.4 Å². The van der Waals surface area contributed by atoms with E-state index in [9.17, 15) is 9.50 Å². The molecule has 2 N–H and O–H groups in total. The Bertz CT molecular complexity index is 582. The SMILES string of the molecule is COc1cc(OC)cc(C(CO)Nc2ccccc2F)c1. The van der Waals surface area contributed by atoms with E-state index in [1.165, 1.54) is 6.07 Å². The molecule has 2 rings (SSSR count). The third kappa shape index (κ3) is 3.64. The van der Waals surface area contributed by atoms with Gasteiger partial charge in [-0.25, -0.2) is 4.39 Å². The Morgan fingerprint density at radius 3 is 2.24 bits per heavy atom. The molecule has 0 fully saturated rings. The molecule has 0 heterocycles. The molecule has 1 unspecified atom stereocenters. The molecule has 0 aromatic heterocycles. The minimum atomic E-state index is -0.467. The minimum Gasteiger partial charge on any atom is -0.497 e. The first-order chi connectivity index (χ1) is 10.2. The second-order valence-corrected chi connectivity index (χ2v) is 4.51. The first kappa shape index (κ1) is 15.1. The molecular formula is C16H18FNO3. The fraction of sp³-hybridized carbons (Fsp3) is 0.250. The Labute approximate surface area is 123 Å². The van der Waals surface area contributed by atoms with Gasteiger partial charge >= 0.3 is 0 Å². The van der Waals surface area contributed by atoms with Crippen LogP contribution < -0.4 is 14.8 Å². The Hall–Kier alpha value is -2.27. The van der Waals surface area contributed by atoms with Crippen LogP contribution >= 0.6 is 0 Å². The Balaban J connectivity index is 2.31. The van der Waals surface area contributed by atoms with Crippen LogP contribution in [-0.2, 0) is 0 Å². The van der Waals surface area contributed by atoms with Gasteiger partial charge in [0.15, 0.2) is 0 Å². The highest BCUT2D eigenvalue weighted by Gasteiger charge is 2.14. The van der Waals surface area contributed by atoms with Gasteiger partial charge in [0.2, 0.25) is 0 Å². The third-order valence-corrected chi connectivity index (χ3v) is 3.16. The summed E-state index contributed by atoms with van der Waals surface area (Å²) in [4.78, 5) is 0. The number of halogens is 1. The van der Waals surface area contributed by atoms with E-state index in [4.69, 9.17) is 9.47 Å². The van der Waals surface area contributed by atoms with Crippen molar-refractivity contribution < 1.29 is 19.0 Å². The van der Waals surface area contributed by atoms with Gasteiger partial charge in [0, 0.05) is 6.07 Å². The maximum absolute atomic E-state index is 13.7. The second-order valence-electron chi connectivity index (χ2n) is 4.51. The lowest BCUT2D eigenvalue weighted by atomic mass is 10.1. The number of aliphatic hydroxyl groups is 1. The van der Waals surface area contributed by atoms with Gasteiger partial charge in [-0.05, 0) is 29.8 Å². The fourth-order valence-electron chi connectivity index (χ4n) is 2.03. The molecule has 2 aromatic rings. The minimum absolute atomic E-state index is 0.190. The molecule has 0 radical (unpaired) electrons. The van der Waals surface area contributed by atoms with Gasteiger partial charge < -0.3 is 19.9 Å². The number of aliphatic hydroxyl groups excluding tert-OH is 1. The molecule has 21 heavy (non-hydrogen) atoms. The first-order valence-corrected chi connectivity index (χ1v) is 6.52. The number of hydrogen-bond acceptors (Lipinski definition) is 4. The van der Waals surface area contributed by atoms with E-state index >= 15 is 0 Å². The molecule has 2 aromatic carbocycles.